The van der Waals surface area contributed by atoms with Gasteiger partial charge in [-0.3, -0.25) is 19.6 Å². The van der Waals surface area contributed by atoms with Crippen LogP contribution in [0.4, 0.5) is 0 Å². The van der Waals surface area contributed by atoms with Gasteiger partial charge in [0.15, 0.2) is 0 Å². The molecule has 0 radical (unpaired) electrons. The van der Waals surface area contributed by atoms with Gasteiger partial charge in [-0.2, -0.15) is 0 Å². The van der Waals surface area contributed by atoms with Crippen molar-refractivity contribution in [1.82, 2.24) is 19.8 Å². The number of methoxy groups -OCH3 is 1. The van der Waals surface area contributed by atoms with Crippen LogP contribution in [0, 0.1) is 0 Å². The Morgan fingerprint density at radius 2 is 1.68 bits per heavy atom. The maximum atomic E-state index is 13.3. The Kier molecular flexibility index (Phi) is 5.90. The van der Waals surface area contributed by atoms with Gasteiger partial charge >= 0.3 is 0 Å². The van der Waals surface area contributed by atoms with E-state index in [4.69, 9.17) is 4.74 Å². The number of benzene rings is 1. The molecule has 2 aromatic rings. The molecule has 1 aliphatic heterocycles. The van der Waals surface area contributed by atoms with Gasteiger partial charge in [-0.05, 0) is 6.92 Å². The van der Waals surface area contributed by atoms with Crippen molar-refractivity contribution < 1.29 is 14.3 Å². The number of ether oxygens (including phenoxy) is 1. The minimum atomic E-state index is -0.172. The summed E-state index contributed by atoms with van der Waals surface area (Å²) in [4.78, 5) is 38.8. The van der Waals surface area contributed by atoms with E-state index in [1.165, 1.54) is 0 Å². The van der Waals surface area contributed by atoms with Crippen LogP contribution >= 0.6 is 17.0 Å². The average Bonchev–Trinajstić information content (AvgIpc) is 2.97. The summed E-state index contributed by atoms with van der Waals surface area (Å²) >= 11 is 0. The summed E-state index contributed by atoms with van der Waals surface area (Å²) in [5, 5.41) is 0. The largest absolute Gasteiger partial charge is 0.383 e. The van der Waals surface area contributed by atoms with Gasteiger partial charge in [-0.25, -0.2) is 0 Å². The quantitative estimate of drug-likeness (QED) is 0.700. The minimum Gasteiger partial charge on any atom is -0.383 e. The molecule has 0 spiro atoms. The maximum absolute atomic E-state index is 13.3. The fourth-order valence-electron chi connectivity index (χ4n) is 3.71. The molecule has 2 aliphatic rings. The van der Waals surface area contributed by atoms with Crippen molar-refractivity contribution in [2.45, 2.75) is 19.6 Å². The molecule has 0 amide bonds. The molecule has 0 N–H and O–H groups in total. The van der Waals surface area contributed by atoms with Crippen LogP contribution < -0.4 is 0 Å². The van der Waals surface area contributed by atoms with Gasteiger partial charge in [-0.1, -0.05) is 24.3 Å². The third-order valence-corrected chi connectivity index (χ3v) is 5.03. The van der Waals surface area contributed by atoms with Gasteiger partial charge < -0.3 is 14.5 Å². The van der Waals surface area contributed by atoms with E-state index in [1.54, 1.807) is 50.0 Å². The maximum Gasteiger partial charge on any atom is 0.212 e. The minimum absolute atomic E-state index is 0. The molecule has 1 aliphatic carbocycles. The smallest absolute Gasteiger partial charge is 0.212 e. The third kappa shape index (κ3) is 3.22. The van der Waals surface area contributed by atoms with Crippen LogP contribution in [0.2, 0.25) is 0 Å². The first-order valence-electron chi connectivity index (χ1n) is 8.83. The lowest BCUT2D eigenvalue weighted by molar-refractivity contribution is 0.0867. The average molecular weight is 445 g/mol. The summed E-state index contributed by atoms with van der Waals surface area (Å²) in [6.45, 7) is 3.37. The van der Waals surface area contributed by atoms with Crippen LogP contribution in [-0.4, -0.2) is 57.8 Å². The number of halogens is 1. The van der Waals surface area contributed by atoms with Crippen LogP contribution in [0.1, 0.15) is 33.3 Å². The zero-order valence-corrected chi connectivity index (χ0v) is 17.4. The van der Waals surface area contributed by atoms with E-state index in [2.05, 4.69) is 9.97 Å². The summed E-state index contributed by atoms with van der Waals surface area (Å²) < 4.78 is 5.22. The van der Waals surface area contributed by atoms with Gasteiger partial charge in [0, 0.05) is 37.2 Å². The molecule has 0 saturated carbocycles. The summed E-state index contributed by atoms with van der Waals surface area (Å²) in [7, 11) is 1.62. The van der Waals surface area contributed by atoms with E-state index in [0.29, 0.717) is 42.2 Å². The van der Waals surface area contributed by atoms with Gasteiger partial charge in [0.1, 0.15) is 11.4 Å². The molecule has 1 atom stereocenters. The first-order chi connectivity index (χ1) is 13.1. The molecule has 0 saturated heterocycles. The Bertz CT molecular complexity index is 932. The number of hydrogen-bond acceptors (Lipinski definition) is 7. The number of aromatic nitrogens is 2. The number of nitrogens with zero attached hydrogens (tertiary/aromatic N) is 4. The second kappa shape index (κ2) is 8.20. The monoisotopic (exact) mass is 444 g/mol. The fraction of sp³-hybridized carbons (Fsp3) is 0.300. The molecule has 1 unspecified atom stereocenters. The molecule has 4 rings (SSSR count). The molecule has 1 aromatic carbocycles. The Hall–Kier alpha value is -2.58. The summed E-state index contributed by atoms with van der Waals surface area (Å²) in [6, 6.07) is 6.99. The second-order valence-corrected chi connectivity index (χ2v) is 6.54. The van der Waals surface area contributed by atoms with Crippen LogP contribution in [0.5, 0.6) is 0 Å². The van der Waals surface area contributed by atoms with E-state index in [-0.39, 0.29) is 34.7 Å². The number of fused-ring (bicyclic) bond motifs is 1. The third-order valence-electron chi connectivity index (χ3n) is 5.03. The number of carbonyl (C=O) groups excluding carboxylic acids is 2. The van der Waals surface area contributed by atoms with Gasteiger partial charge in [0.25, 0.3) is 0 Å². The Morgan fingerprint density at radius 1 is 1.04 bits per heavy atom. The van der Waals surface area contributed by atoms with Gasteiger partial charge in [0.05, 0.1) is 31.2 Å². The number of hydrogen-bond donors (Lipinski definition) is 0. The predicted octanol–water partition coefficient (Wildman–Crippen LogP) is 2.46. The highest BCUT2D eigenvalue weighted by atomic mass is 79.9. The van der Waals surface area contributed by atoms with Crippen LogP contribution in [-0.2, 0) is 11.3 Å². The predicted molar refractivity (Wildman–Crippen MR) is 108 cm³/mol. The molecular formula is C20H21BrN4O3. The van der Waals surface area contributed by atoms with E-state index in [0.717, 1.165) is 5.69 Å². The lowest BCUT2D eigenvalue weighted by atomic mass is 9.90. The molecule has 146 valence electrons. The molecule has 7 nitrogen and oxygen atoms in total. The van der Waals surface area contributed by atoms with Crippen LogP contribution in [0.15, 0.2) is 54.3 Å². The SMILES string of the molecule is Br.COCCN1C2=C(C(=O)c3ccccc3C2=O)N(Cc2cnccn2)C1C. The van der Waals surface area contributed by atoms with E-state index in [1.807, 2.05) is 16.7 Å². The van der Waals surface area contributed by atoms with E-state index < -0.39 is 0 Å². The highest BCUT2D eigenvalue weighted by molar-refractivity contribution is 8.93. The van der Waals surface area contributed by atoms with Crippen molar-refractivity contribution >= 4 is 28.5 Å². The number of carbonyl (C=O) groups is 2. The van der Waals surface area contributed by atoms with Crippen molar-refractivity contribution in [2.75, 3.05) is 20.3 Å². The first kappa shape index (κ1) is 20.2. The summed E-state index contributed by atoms with van der Waals surface area (Å²) in [6.07, 6.45) is 4.73. The van der Waals surface area contributed by atoms with Gasteiger partial charge in [-0.15, -0.1) is 17.0 Å². The molecule has 2 heterocycles. The van der Waals surface area contributed by atoms with Crippen LogP contribution in [0.25, 0.3) is 0 Å². The summed E-state index contributed by atoms with van der Waals surface area (Å²) in [5.41, 5.74) is 2.53. The number of rotatable bonds is 5. The lowest BCUT2D eigenvalue weighted by Crippen LogP contribution is -2.40. The Balaban J connectivity index is 0.00000225. The Morgan fingerprint density at radius 3 is 2.25 bits per heavy atom. The fourth-order valence-corrected chi connectivity index (χ4v) is 3.71. The first-order valence-corrected chi connectivity index (χ1v) is 8.83. The highest BCUT2D eigenvalue weighted by Crippen LogP contribution is 2.38. The molecule has 1 aromatic heterocycles. The normalized spacial score (nSPS) is 18.1. The standard InChI is InChI=1S/C20H20N4O3.BrH/c1-13-23(9-10-27-2)17-18(24(13)12-14-11-21-7-8-22-14)20(26)16-6-4-3-5-15(16)19(17)25;/h3-8,11,13H,9-10,12H2,1-2H3;1H. The molecule has 8 heteroatoms. The van der Waals surface area contributed by atoms with Crippen molar-refractivity contribution in [2.24, 2.45) is 0 Å². The Labute approximate surface area is 173 Å². The lowest BCUT2D eigenvalue weighted by Gasteiger charge is -2.31. The zero-order valence-electron chi connectivity index (χ0n) is 15.7. The number of Topliss-reactive ketones (excluding diaryl/α,β-unsaturated/α-hetero) is 2. The van der Waals surface area contributed by atoms with Crippen molar-refractivity contribution in [1.29, 1.82) is 0 Å². The molecular weight excluding hydrogens is 424 g/mol. The topological polar surface area (TPSA) is 75.6 Å². The molecule has 0 fully saturated rings. The van der Waals surface area contributed by atoms with E-state index >= 15 is 0 Å². The van der Waals surface area contributed by atoms with Crippen LogP contribution in [0.3, 0.4) is 0 Å². The van der Waals surface area contributed by atoms with E-state index in [9.17, 15) is 9.59 Å². The zero-order chi connectivity index (χ0) is 19.0. The number of allylic oxidation sites excluding steroid dienone is 2. The molecule has 28 heavy (non-hydrogen) atoms. The molecule has 0 bridgehead atoms. The number of ketones is 2. The second-order valence-electron chi connectivity index (χ2n) is 6.54. The highest BCUT2D eigenvalue weighted by Gasteiger charge is 2.45. The summed E-state index contributed by atoms with van der Waals surface area (Å²) in [5.74, 6) is -0.249. The van der Waals surface area contributed by atoms with Crippen molar-refractivity contribution in [3.05, 3.63) is 71.1 Å². The van der Waals surface area contributed by atoms with Gasteiger partial charge in [0.2, 0.25) is 11.6 Å². The van der Waals surface area contributed by atoms with Crippen molar-refractivity contribution in [3.8, 4) is 0 Å². The van der Waals surface area contributed by atoms with Crippen molar-refractivity contribution in [3.63, 3.8) is 0 Å².